The van der Waals surface area contributed by atoms with Gasteiger partial charge in [0.25, 0.3) is 5.91 Å². The molecule has 0 bridgehead atoms. The standard InChI is InChI=1S/C19H23N5O2S.C2HF3O2/c25-18(24-9-7-23(8-10-24)12-17-11-20-13-27-17)14-1-3-15(4-2-14)21-19(26)22-16-5-6-16;3-2(4,5)1(6)7/h1-4,11,13,16H,5-10,12H2,(H2,21,22,26);(H,6,7). The predicted molar refractivity (Wildman–Crippen MR) is 119 cm³/mol. The summed E-state index contributed by atoms with van der Waals surface area (Å²) in [6, 6.07) is 7.24. The minimum absolute atomic E-state index is 0.0430. The summed E-state index contributed by atoms with van der Waals surface area (Å²) in [6.45, 7) is 4.08. The molecule has 13 heteroatoms. The van der Waals surface area contributed by atoms with E-state index in [9.17, 15) is 22.8 Å². The van der Waals surface area contributed by atoms with Crippen molar-refractivity contribution in [1.29, 1.82) is 0 Å². The van der Waals surface area contributed by atoms with E-state index in [4.69, 9.17) is 9.90 Å². The number of carbonyl (C=O) groups excluding carboxylic acids is 2. The first kappa shape index (κ1) is 25.4. The minimum Gasteiger partial charge on any atom is -0.475 e. The summed E-state index contributed by atoms with van der Waals surface area (Å²) in [5.74, 6) is -2.71. The Morgan fingerprint density at radius 3 is 2.21 bits per heavy atom. The highest BCUT2D eigenvalue weighted by Gasteiger charge is 2.38. The van der Waals surface area contributed by atoms with Gasteiger partial charge in [-0.1, -0.05) is 0 Å². The Kier molecular flexibility index (Phi) is 8.45. The smallest absolute Gasteiger partial charge is 0.475 e. The molecule has 184 valence electrons. The number of urea groups is 1. The van der Waals surface area contributed by atoms with Gasteiger partial charge in [-0.3, -0.25) is 14.7 Å². The summed E-state index contributed by atoms with van der Waals surface area (Å²) >= 11 is 1.66. The lowest BCUT2D eigenvalue weighted by Crippen LogP contribution is -2.48. The zero-order chi connectivity index (χ0) is 24.7. The summed E-state index contributed by atoms with van der Waals surface area (Å²) in [6.07, 6.45) is -1.07. The Labute approximate surface area is 197 Å². The van der Waals surface area contributed by atoms with Crippen molar-refractivity contribution in [2.75, 3.05) is 31.5 Å². The van der Waals surface area contributed by atoms with Crippen LogP contribution in [0.1, 0.15) is 28.1 Å². The molecule has 1 aromatic heterocycles. The average molecular weight is 500 g/mol. The van der Waals surface area contributed by atoms with Gasteiger partial charge in [0, 0.05) is 61.1 Å². The molecule has 2 aliphatic rings. The topological polar surface area (TPSA) is 115 Å². The number of alkyl halides is 3. The number of thiazole rings is 1. The molecule has 1 aliphatic heterocycles. The van der Waals surface area contributed by atoms with Gasteiger partial charge in [0.15, 0.2) is 0 Å². The number of anilines is 1. The molecular weight excluding hydrogens is 475 g/mol. The largest absolute Gasteiger partial charge is 0.490 e. The molecule has 0 unspecified atom stereocenters. The van der Waals surface area contributed by atoms with Crippen LogP contribution in [0.25, 0.3) is 0 Å². The van der Waals surface area contributed by atoms with E-state index in [-0.39, 0.29) is 11.9 Å². The summed E-state index contributed by atoms with van der Waals surface area (Å²) < 4.78 is 31.7. The molecule has 0 spiro atoms. The number of piperazine rings is 1. The number of hydrogen-bond donors (Lipinski definition) is 3. The second kappa shape index (κ2) is 11.3. The van der Waals surface area contributed by atoms with Gasteiger partial charge >= 0.3 is 18.2 Å². The second-order valence-electron chi connectivity index (χ2n) is 7.79. The molecular formula is C21H24F3N5O4S. The van der Waals surface area contributed by atoms with E-state index < -0.39 is 12.1 Å². The van der Waals surface area contributed by atoms with Crippen LogP contribution in [0, 0.1) is 0 Å². The summed E-state index contributed by atoms with van der Waals surface area (Å²) in [5, 5.41) is 12.8. The molecule has 34 heavy (non-hydrogen) atoms. The zero-order valence-electron chi connectivity index (χ0n) is 18.0. The third kappa shape index (κ3) is 7.99. The molecule has 4 rings (SSSR count). The maximum atomic E-state index is 12.7. The number of benzene rings is 1. The van der Waals surface area contributed by atoms with Gasteiger partial charge < -0.3 is 20.6 Å². The maximum Gasteiger partial charge on any atom is 0.490 e. The summed E-state index contributed by atoms with van der Waals surface area (Å²) in [5.41, 5.74) is 3.20. The lowest BCUT2D eigenvalue weighted by atomic mass is 10.1. The first-order valence-corrected chi connectivity index (χ1v) is 11.4. The SMILES string of the molecule is O=C(Nc1ccc(C(=O)N2CCN(Cc3cncs3)CC2)cc1)NC1CC1.O=C(O)C(F)(F)F. The minimum atomic E-state index is -5.08. The Hall–Kier alpha value is -3.19. The van der Waals surface area contributed by atoms with Crippen LogP contribution in [0.15, 0.2) is 36.0 Å². The molecule has 3 N–H and O–H groups in total. The first-order valence-electron chi connectivity index (χ1n) is 10.5. The molecule has 2 aromatic rings. The van der Waals surface area contributed by atoms with E-state index in [1.54, 1.807) is 35.6 Å². The number of carboxylic acids is 1. The molecule has 2 fully saturated rings. The number of rotatable bonds is 5. The number of amides is 3. The highest BCUT2D eigenvalue weighted by Crippen LogP contribution is 2.19. The van der Waals surface area contributed by atoms with Gasteiger partial charge in [-0.05, 0) is 37.1 Å². The summed E-state index contributed by atoms with van der Waals surface area (Å²) in [7, 11) is 0. The number of nitrogens with zero attached hydrogens (tertiary/aromatic N) is 3. The van der Waals surface area contributed by atoms with E-state index in [0.717, 1.165) is 45.6 Å². The molecule has 1 saturated carbocycles. The van der Waals surface area contributed by atoms with Crippen molar-refractivity contribution < 1.29 is 32.7 Å². The van der Waals surface area contributed by atoms with E-state index >= 15 is 0 Å². The van der Waals surface area contributed by atoms with Crippen LogP contribution in [0.2, 0.25) is 0 Å². The monoisotopic (exact) mass is 499 g/mol. The molecule has 0 atom stereocenters. The Morgan fingerprint density at radius 2 is 1.71 bits per heavy atom. The molecule has 1 saturated heterocycles. The predicted octanol–water partition coefficient (Wildman–Crippen LogP) is 3.02. The zero-order valence-corrected chi connectivity index (χ0v) is 18.9. The van der Waals surface area contributed by atoms with E-state index in [1.807, 2.05) is 16.6 Å². The van der Waals surface area contributed by atoms with Crippen molar-refractivity contribution in [2.45, 2.75) is 31.6 Å². The highest BCUT2D eigenvalue weighted by atomic mass is 32.1. The van der Waals surface area contributed by atoms with Crippen LogP contribution in [-0.4, -0.2) is 76.2 Å². The Bertz CT molecular complexity index is 973. The fourth-order valence-electron chi connectivity index (χ4n) is 3.11. The molecule has 1 aromatic carbocycles. The van der Waals surface area contributed by atoms with Gasteiger partial charge in [-0.15, -0.1) is 11.3 Å². The third-order valence-corrected chi connectivity index (χ3v) is 5.83. The number of carbonyl (C=O) groups is 3. The second-order valence-corrected chi connectivity index (χ2v) is 8.76. The van der Waals surface area contributed by atoms with Crippen molar-refractivity contribution in [3.05, 3.63) is 46.4 Å². The van der Waals surface area contributed by atoms with Crippen molar-refractivity contribution in [2.24, 2.45) is 0 Å². The average Bonchev–Trinajstić information content (AvgIpc) is 3.45. The van der Waals surface area contributed by atoms with Crippen molar-refractivity contribution >= 4 is 34.9 Å². The van der Waals surface area contributed by atoms with Gasteiger partial charge in [0.1, 0.15) is 0 Å². The van der Waals surface area contributed by atoms with Gasteiger partial charge in [0.2, 0.25) is 0 Å². The lowest BCUT2D eigenvalue weighted by molar-refractivity contribution is -0.192. The van der Waals surface area contributed by atoms with E-state index in [2.05, 4.69) is 20.5 Å². The van der Waals surface area contributed by atoms with E-state index in [1.165, 1.54) is 4.88 Å². The molecule has 1 aliphatic carbocycles. The van der Waals surface area contributed by atoms with Gasteiger partial charge in [0.05, 0.1) is 5.51 Å². The normalized spacial score (nSPS) is 16.3. The fraction of sp³-hybridized carbons (Fsp3) is 0.429. The van der Waals surface area contributed by atoms with Crippen LogP contribution >= 0.6 is 11.3 Å². The molecule has 0 radical (unpaired) electrons. The van der Waals surface area contributed by atoms with Crippen LogP contribution in [0.3, 0.4) is 0 Å². The van der Waals surface area contributed by atoms with Crippen molar-refractivity contribution in [3.63, 3.8) is 0 Å². The molecule has 2 heterocycles. The van der Waals surface area contributed by atoms with Crippen LogP contribution in [0.4, 0.5) is 23.7 Å². The number of hydrogen-bond acceptors (Lipinski definition) is 6. The molecule has 3 amide bonds. The van der Waals surface area contributed by atoms with Crippen LogP contribution in [-0.2, 0) is 11.3 Å². The van der Waals surface area contributed by atoms with Crippen LogP contribution in [0.5, 0.6) is 0 Å². The lowest BCUT2D eigenvalue weighted by Gasteiger charge is -2.34. The fourth-order valence-corrected chi connectivity index (χ4v) is 3.74. The first-order chi connectivity index (χ1) is 16.1. The Morgan fingerprint density at radius 1 is 1.09 bits per heavy atom. The number of carboxylic acid groups (broad SMARTS) is 1. The number of nitrogens with one attached hydrogen (secondary N) is 2. The highest BCUT2D eigenvalue weighted by molar-refractivity contribution is 7.09. The summed E-state index contributed by atoms with van der Waals surface area (Å²) in [4.78, 5) is 43.0. The van der Waals surface area contributed by atoms with E-state index in [0.29, 0.717) is 17.3 Å². The van der Waals surface area contributed by atoms with Gasteiger partial charge in [-0.2, -0.15) is 13.2 Å². The van der Waals surface area contributed by atoms with Crippen LogP contribution < -0.4 is 10.6 Å². The quantitative estimate of drug-likeness (QED) is 0.583. The third-order valence-electron chi connectivity index (χ3n) is 5.07. The van der Waals surface area contributed by atoms with Crippen molar-refractivity contribution in [1.82, 2.24) is 20.1 Å². The molecule has 9 nitrogen and oxygen atoms in total. The number of halogens is 3. The number of aliphatic carboxylic acids is 1. The Balaban J connectivity index is 0.000000406. The van der Waals surface area contributed by atoms with Gasteiger partial charge in [-0.25, -0.2) is 9.59 Å². The maximum absolute atomic E-state index is 12.7. The number of aromatic nitrogens is 1. The van der Waals surface area contributed by atoms with Crippen molar-refractivity contribution in [3.8, 4) is 0 Å².